The number of likely N-dealkylation sites (N-methyl/N-ethyl adjacent to an activating group) is 1. The summed E-state index contributed by atoms with van der Waals surface area (Å²) >= 11 is 0. The Balaban J connectivity index is 2.89. The Morgan fingerprint density at radius 2 is 2.27 bits per heavy atom. The standard InChI is InChI=1S/C7H12N2O2/c1-7(6(8)11)4-3-5(10)9(7)2/h3-4H2,1-2H3,(H2,8,11)/t7-/m1/s1. The maximum Gasteiger partial charge on any atom is 0.243 e. The van der Waals surface area contributed by atoms with E-state index in [0.717, 1.165) is 0 Å². The molecular formula is C7H12N2O2. The number of nitrogens with zero attached hydrogens (tertiary/aromatic N) is 1. The lowest BCUT2D eigenvalue weighted by atomic mass is 9.99. The van der Waals surface area contributed by atoms with Crippen LogP contribution in [0.1, 0.15) is 19.8 Å². The SMILES string of the molecule is CN1C(=O)CC[C@]1(C)C(N)=O. The summed E-state index contributed by atoms with van der Waals surface area (Å²) in [4.78, 5) is 23.3. The number of amides is 2. The van der Waals surface area contributed by atoms with E-state index in [1.54, 1.807) is 14.0 Å². The van der Waals surface area contributed by atoms with Gasteiger partial charge >= 0.3 is 0 Å². The quantitative estimate of drug-likeness (QED) is 0.555. The smallest absolute Gasteiger partial charge is 0.243 e. The molecule has 0 aromatic carbocycles. The molecule has 0 aromatic heterocycles. The summed E-state index contributed by atoms with van der Waals surface area (Å²) in [5.41, 5.74) is 4.40. The Morgan fingerprint density at radius 1 is 1.73 bits per heavy atom. The van der Waals surface area contributed by atoms with Crippen molar-refractivity contribution in [1.82, 2.24) is 4.90 Å². The van der Waals surface area contributed by atoms with Gasteiger partial charge in [0, 0.05) is 13.5 Å². The zero-order valence-electron chi connectivity index (χ0n) is 6.76. The average Bonchev–Trinajstić information content (AvgIpc) is 2.18. The average molecular weight is 156 g/mol. The first-order valence-electron chi connectivity index (χ1n) is 3.55. The van der Waals surface area contributed by atoms with Gasteiger partial charge < -0.3 is 10.6 Å². The molecule has 62 valence electrons. The zero-order valence-corrected chi connectivity index (χ0v) is 6.76. The molecule has 1 fully saturated rings. The molecule has 1 rings (SSSR count). The third kappa shape index (κ3) is 0.982. The number of carbonyl (C=O) groups excluding carboxylic acids is 2. The number of hydrogen-bond donors (Lipinski definition) is 1. The van der Waals surface area contributed by atoms with Crippen LogP contribution in [-0.2, 0) is 9.59 Å². The molecule has 0 spiro atoms. The molecule has 2 N–H and O–H groups in total. The molecule has 11 heavy (non-hydrogen) atoms. The number of likely N-dealkylation sites (tertiary alicyclic amines) is 1. The van der Waals surface area contributed by atoms with Gasteiger partial charge in [0.25, 0.3) is 0 Å². The minimum Gasteiger partial charge on any atom is -0.368 e. The van der Waals surface area contributed by atoms with E-state index in [0.29, 0.717) is 12.8 Å². The second kappa shape index (κ2) is 2.22. The molecule has 1 heterocycles. The molecule has 1 saturated heterocycles. The lowest BCUT2D eigenvalue weighted by Gasteiger charge is -2.28. The summed E-state index contributed by atoms with van der Waals surface area (Å²) in [6.45, 7) is 1.69. The highest BCUT2D eigenvalue weighted by Crippen LogP contribution is 2.27. The first-order valence-corrected chi connectivity index (χ1v) is 3.55. The van der Waals surface area contributed by atoms with E-state index in [2.05, 4.69) is 0 Å². The maximum atomic E-state index is 11.0. The summed E-state index contributed by atoms with van der Waals surface area (Å²) in [6, 6.07) is 0. The van der Waals surface area contributed by atoms with Crippen LogP contribution in [0.5, 0.6) is 0 Å². The predicted molar refractivity (Wildman–Crippen MR) is 39.6 cm³/mol. The van der Waals surface area contributed by atoms with Gasteiger partial charge in [-0.3, -0.25) is 9.59 Å². The molecule has 0 unspecified atom stereocenters. The first-order chi connectivity index (χ1) is 4.98. The van der Waals surface area contributed by atoms with Crippen molar-refractivity contribution in [2.45, 2.75) is 25.3 Å². The molecule has 1 aliphatic rings. The second-order valence-electron chi connectivity index (χ2n) is 3.09. The summed E-state index contributed by atoms with van der Waals surface area (Å²) < 4.78 is 0. The van der Waals surface area contributed by atoms with Crippen molar-refractivity contribution in [1.29, 1.82) is 0 Å². The molecule has 1 atom stereocenters. The molecule has 4 nitrogen and oxygen atoms in total. The van der Waals surface area contributed by atoms with Crippen molar-refractivity contribution in [3.63, 3.8) is 0 Å². The molecule has 4 heteroatoms. The third-order valence-electron chi connectivity index (χ3n) is 2.47. The third-order valence-corrected chi connectivity index (χ3v) is 2.47. The fourth-order valence-electron chi connectivity index (χ4n) is 1.25. The maximum absolute atomic E-state index is 11.0. The van der Waals surface area contributed by atoms with E-state index in [1.165, 1.54) is 4.90 Å². The lowest BCUT2D eigenvalue weighted by Crippen LogP contribution is -2.50. The van der Waals surface area contributed by atoms with Gasteiger partial charge in [0.1, 0.15) is 5.54 Å². The normalized spacial score (nSPS) is 31.1. The minimum atomic E-state index is -0.753. The molecule has 0 bridgehead atoms. The van der Waals surface area contributed by atoms with Crippen LogP contribution in [0.2, 0.25) is 0 Å². The Hall–Kier alpha value is -1.06. The van der Waals surface area contributed by atoms with Crippen LogP contribution < -0.4 is 5.73 Å². The van der Waals surface area contributed by atoms with Crippen molar-refractivity contribution in [2.24, 2.45) is 5.73 Å². The van der Waals surface area contributed by atoms with E-state index >= 15 is 0 Å². The van der Waals surface area contributed by atoms with Gasteiger partial charge in [0.15, 0.2) is 0 Å². The van der Waals surface area contributed by atoms with E-state index < -0.39 is 11.4 Å². The van der Waals surface area contributed by atoms with Gasteiger partial charge in [0.05, 0.1) is 0 Å². The number of rotatable bonds is 1. The highest BCUT2D eigenvalue weighted by atomic mass is 16.2. The molecule has 1 aliphatic heterocycles. The van der Waals surface area contributed by atoms with Gasteiger partial charge in [-0.2, -0.15) is 0 Å². The van der Waals surface area contributed by atoms with Crippen LogP contribution in [-0.4, -0.2) is 29.3 Å². The topological polar surface area (TPSA) is 63.4 Å². The van der Waals surface area contributed by atoms with E-state index in [1.807, 2.05) is 0 Å². The van der Waals surface area contributed by atoms with E-state index in [9.17, 15) is 9.59 Å². The van der Waals surface area contributed by atoms with Crippen LogP contribution in [0.25, 0.3) is 0 Å². The van der Waals surface area contributed by atoms with Crippen LogP contribution >= 0.6 is 0 Å². The number of hydrogen-bond acceptors (Lipinski definition) is 2. The Labute approximate surface area is 65.3 Å². The van der Waals surface area contributed by atoms with Crippen molar-refractivity contribution >= 4 is 11.8 Å². The summed E-state index contributed by atoms with van der Waals surface area (Å²) in [6.07, 6.45) is 0.966. The van der Waals surface area contributed by atoms with Crippen LogP contribution in [0, 0.1) is 0 Å². The fourth-order valence-corrected chi connectivity index (χ4v) is 1.25. The largest absolute Gasteiger partial charge is 0.368 e. The van der Waals surface area contributed by atoms with E-state index in [-0.39, 0.29) is 5.91 Å². The molecule has 0 radical (unpaired) electrons. The fraction of sp³-hybridized carbons (Fsp3) is 0.714. The highest BCUT2D eigenvalue weighted by Gasteiger charge is 2.43. The zero-order chi connectivity index (χ0) is 8.65. The van der Waals surface area contributed by atoms with Gasteiger partial charge in [0.2, 0.25) is 11.8 Å². The monoisotopic (exact) mass is 156 g/mol. The second-order valence-corrected chi connectivity index (χ2v) is 3.09. The Kier molecular flexibility index (Phi) is 1.62. The Bertz CT molecular complexity index is 214. The molecule has 0 aliphatic carbocycles. The minimum absolute atomic E-state index is 0.00806. The number of carbonyl (C=O) groups is 2. The lowest BCUT2D eigenvalue weighted by molar-refractivity contribution is -0.137. The molecule has 0 saturated carbocycles. The summed E-state index contributed by atoms with van der Waals surface area (Å²) in [5, 5.41) is 0. The van der Waals surface area contributed by atoms with Crippen LogP contribution in [0.15, 0.2) is 0 Å². The van der Waals surface area contributed by atoms with Gasteiger partial charge in [-0.1, -0.05) is 0 Å². The number of primary amides is 1. The van der Waals surface area contributed by atoms with Crippen LogP contribution in [0.4, 0.5) is 0 Å². The van der Waals surface area contributed by atoms with Gasteiger partial charge in [-0.15, -0.1) is 0 Å². The summed E-state index contributed by atoms with van der Waals surface area (Å²) in [5.74, 6) is -0.433. The molecule has 2 amide bonds. The van der Waals surface area contributed by atoms with E-state index in [4.69, 9.17) is 5.73 Å². The highest BCUT2D eigenvalue weighted by molar-refractivity contribution is 5.93. The van der Waals surface area contributed by atoms with Crippen molar-refractivity contribution < 1.29 is 9.59 Å². The van der Waals surface area contributed by atoms with Crippen LogP contribution in [0.3, 0.4) is 0 Å². The molecular weight excluding hydrogens is 144 g/mol. The van der Waals surface area contributed by atoms with Gasteiger partial charge in [-0.05, 0) is 13.3 Å². The summed E-state index contributed by atoms with van der Waals surface area (Å²) in [7, 11) is 1.61. The van der Waals surface area contributed by atoms with Crippen molar-refractivity contribution in [3.05, 3.63) is 0 Å². The number of nitrogens with two attached hydrogens (primary N) is 1. The Morgan fingerprint density at radius 3 is 2.45 bits per heavy atom. The van der Waals surface area contributed by atoms with Crippen molar-refractivity contribution in [2.75, 3.05) is 7.05 Å². The van der Waals surface area contributed by atoms with Gasteiger partial charge in [-0.25, -0.2) is 0 Å². The molecule has 0 aromatic rings. The van der Waals surface area contributed by atoms with Crippen molar-refractivity contribution in [3.8, 4) is 0 Å². The first kappa shape index (κ1) is 8.04. The predicted octanol–water partition coefficient (Wildman–Crippen LogP) is -0.517.